The molecule has 2 aromatic carbocycles. The summed E-state index contributed by atoms with van der Waals surface area (Å²) in [4.78, 5) is 13.4. The fraction of sp³-hybridized carbons (Fsp3) is 0.211. The van der Waals surface area contributed by atoms with Crippen LogP contribution < -0.4 is 14.9 Å². The largest absolute Gasteiger partial charge is 0.497 e. The molecule has 0 saturated carbocycles. The summed E-state index contributed by atoms with van der Waals surface area (Å²) in [5, 5.41) is 16.2. The summed E-state index contributed by atoms with van der Waals surface area (Å²) in [7, 11) is 3.14. The molecule has 1 amide bonds. The summed E-state index contributed by atoms with van der Waals surface area (Å²) < 4.78 is 10.5. The average molecular weight is 380 g/mol. The standard InChI is InChI=1S/C19H20N6O3/c1-13(16-10-9-15(27-2)11-17(16)28-3)20-21-18(26)12-25-23-19(22-24-25)14-7-5-4-6-8-14/h4-11H,12H2,1-3H3,(H,21,26)/b20-13+. The Morgan fingerprint density at radius 3 is 2.64 bits per heavy atom. The minimum absolute atomic E-state index is 0.101. The summed E-state index contributed by atoms with van der Waals surface area (Å²) in [6.07, 6.45) is 0. The van der Waals surface area contributed by atoms with E-state index in [0.717, 1.165) is 11.1 Å². The smallest absolute Gasteiger partial charge is 0.263 e. The van der Waals surface area contributed by atoms with E-state index in [-0.39, 0.29) is 12.5 Å². The van der Waals surface area contributed by atoms with Crippen molar-refractivity contribution in [2.45, 2.75) is 13.5 Å². The highest BCUT2D eigenvalue weighted by Crippen LogP contribution is 2.25. The van der Waals surface area contributed by atoms with Crippen molar-refractivity contribution in [2.75, 3.05) is 14.2 Å². The molecule has 0 unspecified atom stereocenters. The molecule has 1 N–H and O–H groups in total. The van der Waals surface area contributed by atoms with E-state index in [2.05, 4.69) is 25.9 Å². The van der Waals surface area contributed by atoms with Gasteiger partial charge in [-0.2, -0.15) is 9.90 Å². The number of hydrogen-bond acceptors (Lipinski definition) is 7. The SMILES string of the molecule is COc1ccc(/C(C)=N/NC(=O)Cn2nnc(-c3ccccc3)n2)c(OC)c1. The lowest BCUT2D eigenvalue weighted by Gasteiger charge is -2.10. The van der Waals surface area contributed by atoms with Crippen molar-refractivity contribution in [3.8, 4) is 22.9 Å². The van der Waals surface area contributed by atoms with Crippen LogP contribution in [0, 0.1) is 0 Å². The predicted molar refractivity (Wildman–Crippen MR) is 103 cm³/mol. The first-order valence-electron chi connectivity index (χ1n) is 8.49. The van der Waals surface area contributed by atoms with Crippen molar-refractivity contribution in [3.05, 3.63) is 54.1 Å². The van der Waals surface area contributed by atoms with Gasteiger partial charge in [0.15, 0.2) is 0 Å². The summed E-state index contributed by atoms with van der Waals surface area (Å²) in [5.74, 6) is 1.35. The Hall–Kier alpha value is -3.75. The van der Waals surface area contributed by atoms with Crippen LogP contribution in [0.2, 0.25) is 0 Å². The van der Waals surface area contributed by atoms with E-state index in [1.165, 1.54) is 4.80 Å². The fourth-order valence-electron chi connectivity index (χ4n) is 2.48. The van der Waals surface area contributed by atoms with Crippen LogP contribution in [-0.2, 0) is 11.3 Å². The van der Waals surface area contributed by atoms with Gasteiger partial charge < -0.3 is 9.47 Å². The third-order valence-electron chi connectivity index (χ3n) is 3.92. The molecular weight excluding hydrogens is 360 g/mol. The highest BCUT2D eigenvalue weighted by molar-refractivity contribution is 6.01. The molecule has 1 aromatic heterocycles. The number of nitrogens with zero attached hydrogens (tertiary/aromatic N) is 5. The number of hydrazone groups is 1. The van der Waals surface area contributed by atoms with Gasteiger partial charge in [-0.3, -0.25) is 4.79 Å². The maximum absolute atomic E-state index is 12.2. The number of benzene rings is 2. The van der Waals surface area contributed by atoms with E-state index in [1.54, 1.807) is 33.3 Å². The highest BCUT2D eigenvalue weighted by atomic mass is 16.5. The number of methoxy groups -OCH3 is 2. The molecule has 0 bridgehead atoms. The van der Waals surface area contributed by atoms with E-state index >= 15 is 0 Å². The normalized spacial score (nSPS) is 11.2. The van der Waals surface area contributed by atoms with Crippen molar-refractivity contribution in [1.82, 2.24) is 25.6 Å². The molecule has 0 saturated heterocycles. The van der Waals surface area contributed by atoms with Crippen LogP contribution in [-0.4, -0.2) is 46.0 Å². The minimum atomic E-state index is -0.371. The van der Waals surface area contributed by atoms with Crippen molar-refractivity contribution < 1.29 is 14.3 Å². The Kier molecular flexibility index (Phi) is 5.95. The molecule has 1 heterocycles. The first-order valence-corrected chi connectivity index (χ1v) is 8.49. The van der Waals surface area contributed by atoms with E-state index < -0.39 is 0 Å². The van der Waals surface area contributed by atoms with Gasteiger partial charge in [0, 0.05) is 17.2 Å². The number of carbonyl (C=O) groups is 1. The summed E-state index contributed by atoms with van der Waals surface area (Å²) in [6, 6.07) is 14.8. The number of tetrazole rings is 1. The number of rotatable bonds is 7. The van der Waals surface area contributed by atoms with E-state index in [4.69, 9.17) is 9.47 Å². The quantitative estimate of drug-likeness (QED) is 0.496. The topological polar surface area (TPSA) is 104 Å². The number of nitrogens with one attached hydrogen (secondary N) is 1. The number of aromatic nitrogens is 4. The maximum atomic E-state index is 12.2. The van der Waals surface area contributed by atoms with E-state index in [1.807, 2.05) is 36.4 Å². The van der Waals surface area contributed by atoms with Gasteiger partial charge in [0.05, 0.1) is 19.9 Å². The third kappa shape index (κ3) is 4.50. The Morgan fingerprint density at radius 1 is 1.14 bits per heavy atom. The summed E-state index contributed by atoms with van der Waals surface area (Å²) in [5.41, 5.74) is 4.65. The third-order valence-corrected chi connectivity index (χ3v) is 3.92. The summed E-state index contributed by atoms with van der Waals surface area (Å²) >= 11 is 0. The van der Waals surface area contributed by atoms with Gasteiger partial charge in [-0.05, 0) is 24.3 Å². The van der Waals surface area contributed by atoms with Crippen LogP contribution in [0.4, 0.5) is 0 Å². The second-order valence-corrected chi connectivity index (χ2v) is 5.81. The van der Waals surface area contributed by atoms with Crippen molar-refractivity contribution in [3.63, 3.8) is 0 Å². The molecule has 0 spiro atoms. The van der Waals surface area contributed by atoms with Crippen molar-refractivity contribution >= 4 is 11.6 Å². The molecule has 9 heteroatoms. The van der Waals surface area contributed by atoms with Gasteiger partial charge in [0.25, 0.3) is 5.91 Å². The molecule has 9 nitrogen and oxygen atoms in total. The van der Waals surface area contributed by atoms with Gasteiger partial charge in [0.1, 0.15) is 18.0 Å². The van der Waals surface area contributed by atoms with Gasteiger partial charge in [0.2, 0.25) is 5.82 Å². The zero-order valence-electron chi connectivity index (χ0n) is 15.8. The van der Waals surface area contributed by atoms with Crippen LogP contribution >= 0.6 is 0 Å². The van der Waals surface area contributed by atoms with Gasteiger partial charge in [-0.25, -0.2) is 5.43 Å². The summed E-state index contributed by atoms with van der Waals surface area (Å²) in [6.45, 7) is 1.67. The second kappa shape index (κ2) is 8.76. The molecule has 0 fully saturated rings. The fourth-order valence-corrected chi connectivity index (χ4v) is 2.48. The van der Waals surface area contributed by atoms with Gasteiger partial charge in [-0.1, -0.05) is 30.3 Å². The molecule has 144 valence electrons. The predicted octanol–water partition coefficient (Wildman–Crippen LogP) is 1.90. The van der Waals surface area contributed by atoms with Crippen molar-refractivity contribution in [2.24, 2.45) is 5.10 Å². The molecule has 0 aliphatic carbocycles. The van der Waals surface area contributed by atoms with Gasteiger partial charge >= 0.3 is 0 Å². The number of amides is 1. The van der Waals surface area contributed by atoms with Crippen LogP contribution in [0.3, 0.4) is 0 Å². The maximum Gasteiger partial charge on any atom is 0.263 e. The zero-order chi connectivity index (χ0) is 19.9. The number of hydrogen-bond donors (Lipinski definition) is 1. The minimum Gasteiger partial charge on any atom is -0.497 e. The Labute approximate surface area is 162 Å². The molecule has 0 atom stereocenters. The lowest BCUT2D eigenvalue weighted by molar-refractivity contribution is -0.122. The highest BCUT2D eigenvalue weighted by Gasteiger charge is 2.11. The second-order valence-electron chi connectivity index (χ2n) is 5.81. The average Bonchev–Trinajstić information content (AvgIpc) is 3.20. The first-order chi connectivity index (χ1) is 13.6. The van der Waals surface area contributed by atoms with Crippen LogP contribution in [0.5, 0.6) is 11.5 Å². The molecular formula is C19H20N6O3. The Morgan fingerprint density at radius 2 is 1.93 bits per heavy atom. The Balaban J connectivity index is 1.65. The lowest BCUT2D eigenvalue weighted by atomic mass is 10.1. The van der Waals surface area contributed by atoms with Gasteiger partial charge in [-0.15, -0.1) is 10.2 Å². The molecule has 28 heavy (non-hydrogen) atoms. The van der Waals surface area contributed by atoms with Crippen LogP contribution in [0.15, 0.2) is 53.6 Å². The molecule has 0 aliphatic rings. The number of carbonyl (C=O) groups excluding carboxylic acids is 1. The zero-order valence-corrected chi connectivity index (χ0v) is 15.8. The molecule has 0 aliphatic heterocycles. The van der Waals surface area contributed by atoms with E-state index in [9.17, 15) is 4.79 Å². The molecule has 3 aromatic rings. The number of ether oxygens (including phenoxy) is 2. The van der Waals surface area contributed by atoms with Crippen LogP contribution in [0.1, 0.15) is 12.5 Å². The first kappa shape index (κ1) is 19.0. The Bertz CT molecular complexity index is 984. The molecule has 3 rings (SSSR count). The molecule has 0 radical (unpaired) electrons. The lowest BCUT2D eigenvalue weighted by Crippen LogP contribution is -2.25. The van der Waals surface area contributed by atoms with Crippen LogP contribution in [0.25, 0.3) is 11.4 Å². The monoisotopic (exact) mass is 380 g/mol. The van der Waals surface area contributed by atoms with Crippen molar-refractivity contribution in [1.29, 1.82) is 0 Å². The van der Waals surface area contributed by atoms with E-state index in [0.29, 0.717) is 23.0 Å².